The molecule has 3 heterocycles. The standard InChI is InChI=1S/C23H30N6O6/c1-23(35)9-15(31)10-28(20(32)16(24)8-13-4-6-14(30)7-5-13)11-17(23)29-12-25-19-18(29)21(33)27(3)22(34)26(19)2/h4-7,12,15-17,30-31,35H,8-11,24H2,1-3H3/t15-,16+,17+,23+/m1/s1. The normalized spacial score (nSPS) is 23.9. The number of nitrogens with zero attached hydrogens (tertiary/aromatic N) is 5. The van der Waals surface area contributed by atoms with E-state index >= 15 is 0 Å². The highest BCUT2D eigenvalue weighted by Gasteiger charge is 2.43. The van der Waals surface area contributed by atoms with E-state index in [-0.39, 0.29) is 42.8 Å². The molecule has 1 amide bonds. The maximum absolute atomic E-state index is 13.3. The number of aromatic nitrogens is 4. The Balaban J connectivity index is 1.71. The second kappa shape index (κ2) is 8.95. The first-order valence-corrected chi connectivity index (χ1v) is 11.3. The van der Waals surface area contributed by atoms with Gasteiger partial charge < -0.3 is 30.5 Å². The number of carbonyl (C=O) groups excluding carboxylic acids is 1. The second-order valence-corrected chi connectivity index (χ2v) is 9.48. The summed E-state index contributed by atoms with van der Waals surface area (Å²) in [7, 11) is 2.85. The fourth-order valence-corrected chi connectivity index (χ4v) is 4.79. The summed E-state index contributed by atoms with van der Waals surface area (Å²) >= 11 is 0. The number of β-amino-alcohol motifs (C(OH)–C–C–N with tert-alkyl or cyclic N) is 1. The number of hydrogen-bond acceptors (Lipinski definition) is 8. The van der Waals surface area contributed by atoms with Gasteiger partial charge in [-0.25, -0.2) is 9.78 Å². The van der Waals surface area contributed by atoms with Gasteiger partial charge in [0.15, 0.2) is 11.2 Å². The maximum atomic E-state index is 13.3. The van der Waals surface area contributed by atoms with Crippen molar-refractivity contribution in [3.63, 3.8) is 0 Å². The Morgan fingerprint density at radius 1 is 1.20 bits per heavy atom. The van der Waals surface area contributed by atoms with E-state index in [1.165, 1.54) is 53.5 Å². The van der Waals surface area contributed by atoms with E-state index in [1.807, 2.05) is 0 Å². The summed E-state index contributed by atoms with van der Waals surface area (Å²) in [5.41, 5.74) is 4.60. The predicted molar refractivity (Wildman–Crippen MR) is 127 cm³/mol. The number of likely N-dealkylation sites (tertiary alicyclic amines) is 1. The number of amides is 1. The largest absolute Gasteiger partial charge is 0.508 e. The third-order valence-corrected chi connectivity index (χ3v) is 6.72. The van der Waals surface area contributed by atoms with Gasteiger partial charge in [0.25, 0.3) is 5.56 Å². The summed E-state index contributed by atoms with van der Waals surface area (Å²) in [5.74, 6) is -0.324. The molecule has 5 N–H and O–H groups in total. The minimum absolute atomic E-state index is 0.0381. The lowest BCUT2D eigenvalue weighted by molar-refractivity contribution is -0.134. The fourth-order valence-electron chi connectivity index (χ4n) is 4.79. The van der Waals surface area contributed by atoms with Gasteiger partial charge in [0.2, 0.25) is 5.91 Å². The van der Waals surface area contributed by atoms with Crippen LogP contribution in [0, 0.1) is 0 Å². The molecule has 188 valence electrons. The highest BCUT2D eigenvalue weighted by molar-refractivity contribution is 5.82. The Morgan fingerprint density at radius 3 is 2.51 bits per heavy atom. The average molecular weight is 487 g/mol. The Bertz CT molecular complexity index is 1370. The van der Waals surface area contributed by atoms with Crippen LogP contribution in [-0.2, 0) is 25.3 Å². The summed E-state index contributed by atoms with van der Waals surface area (Å²) in [5, 5.41) is 31.4. The SMILES string of the molecule is Cn1c(=O)c2c(ncn2[C@H]2CN(C(=O)[C@@H](N)Cc3ccc(O)cc3)C[C@H](O)C[C@]2(C)O)n(C)c1=O. The molecule has 4 atom stereocenters. The highest BCUT2D eigenvalue weighted by Crippen LogP contribution is 2.33. The van der Waals surface area contributed by atoms with Crippen molar-refractivity contribution in [3.8, 4) is 5.75 Å². The van der Waals surface area contributed by atoms with E-state index in [0.29, 0.717) is 0 Å². The first-order chi connectivity index (χ1) is 16.4. The number of aromatic hydroxyl groups is 1. The van der Waals surface area contributed by atoms with Gasteiger partial charge in [-0.2, -0.15) is 0 Å². The molecular formula is C23H30N6O6. The van der Waals surface area contributed by atoms with Gasteiger partial charge in [0.1, 0.15) is 5.75 Å². The van der Waals surface area contributed by atoms with E-state index in [1.54, 1.807) is 12.1 Å². The van der Waals surface area contributed by atoms with Crippen LogP contribution in [-0.4, -0.2) is 75.6 Å². The summed E-state index contributed by atoms with van der Waals surface area (Å²) < 4.78 is 3.67. The van der Waals surface area contributed by atoms with E-state index in [2.05, 4.69) is 4.98 Å². The Kier molecular flexibility index (Phi) is 6.30. The van der Waals surface area contributed by atoms with E-state index in [4.69, 9.17) is 5.73 Å². The number of carbonyl (C=O) groups is 1. The third kappa shape index (κ3) is 4.47. The van der Waals surface area contributed by atoms with E-state index in [9.17, 15) is 29.7 Å². The van der Waals surface area contributed by atoms with Crippen LogP contribution in [0.2, 0.25) is 0 Å². The molecule has 0 aliphatic carbocycles. The number of aryl methyl sites for hydroxylation is 1. The number of fused-ring (bicyclic) bond motifs is 1. The van der Waals surface area contributed by atoms with Crippen LogP contribution < -0.4 is 17.0 Å². The molecule has 1 aliphatic heterocycles. The van der Waals surface area contributed by atoms with Crippen LogP contribution in [0.3, 0.4) is 0 Å². The van der Waals surface area contributed by atoms with Gasteiger partial charge in [0.05, 0.1) is 30.1 Å². The first-order valence-electron chi connectivity index (χ1n) is 11.3. The molecule has 2 aromatic heterocycles. The van der Waals surface area contributed by atoms with Crippen LogP contribution in [0.15, 0.2) is 40.2 Å². The lowest BCUT2D eigenvalue weighted by Crippen LogP contribution is -2.49. The molecule has 0 saturated carbocycles. The number of aliphatic hydroxyl groups excluding tert-OH is 1. The van der Waals surface area contributed by atoms with Crippen LogP contribution in [0.1, 0.15) is 24.9 Å². The molecule has 0 unspecified atom stereocenters. The van der Waals surface area contributed by atoms with Crippen molar-refractivity contribution in [2.24, 2.45) is 19.8 Å². The van der Waals surface area contributed by atoms with Crippen LogP contribution in [0.5, 0.6) is 5.75 Å². The van der Waals surface area contributed by atoms with Gasteiger partial charge in [-0.15, -0.1) is 0 Å². The van der Waals surface area contributed by atoms with Gasteiger partial charge in [-0.1, -0.05) is 12.1 Å². The van der Waals surface area contributed by atoms with Crippen LogP contribution >= 0.6 is 0 Å². The molecular weight excluding hydrogens is 456 g/mol. The molecule has 0 bridgehead atoms. The maximum Gasteiger partial charge on any atom is 0.332 e. The topological polar surface area (TPSA) is 169 Å². The lowest BCUT2D eigenvalue weighted by Gasteiger charge is -2.34. The molecule has 1 aromatic carbocycles. The Labute approximate surface area is 200 Å². The van der Waals surface area contributed by atoms with Crippen molar-refractivity contribution < 1.29 is 20.1 Å². The van der Waals surface area contributed by atoms with Crippen molar-refractivity contribution in [1.82, 2.24) is 23.6 Å². The quantitative estimate of drug-likeness (QED) is 0.349. The smallest absolute Gasteiger partial charge is 0.332 e. The van der Waals surface area contributed by atoms with Crippen molar-refractivity contribution in [1.29, 1.82) is 0 Å². The monoisotopic (exact) mass is 486 g/mol. The molecule has 12 nitrogen and oxygen atoms in total. The minimum atomic E-state index is -1.51. The fraction of sp³-hybridized carbons (Fsp3) is 0.478. The average Bonchev–Trinajstić information content (AvgIpc) is 3.19. The van der Waals surface area contributed by atoms with Gasteiger partial charge in [0, 0.05) is 33.6 Å². The zero-order valence-corrected chi connectivity index (χ0v) is 19.8. The number of hydrogen-bond donors (Lipinski definition) is 4. The van der Waals surface area contributed by atoms with Crippen molar-refractivity contribution in [2.45, 2.75) is 43.6 Å². The van der Waals surface area contributed by atoms with Crippen molar-refractivity contribution in [3.05, 3.63) is 57.0 Å². The van der Waals surface area contributed by atoms with E-state index in [0.717, 1.165) is 10.1 Å². The number of phenols is 1. The Morgan fingerprint density at radius 2 is 1.86 bits per heavy atom. The molecule has 1 fully saturated rings. The minimum Gasteiger partial charge on any atom is -0.508 e. The zero-order chi connectivity index (χ0) is 25.7. The molecule has 0 spiro atoms. The Hall–Kier alpha value is -3.48. The lowest BCUT2D eigenvalue weighted by atomic mass is 9.91. The number of phenolic OH excluding ortho intramolecular Hbond substituents is 1. The third-order valence-electron chi connectivity index (χ3n) is 6.72. The first kappa shape index (κ1) is 24.6. The molecule has 35 heavy (non-hydrogen) atoms. The molecule has 1 aliphatic rings. The highest BCUT2D eigenvalue weighted by atomic mass is 16.3. The summed E-state index contributed by atoms with van der Waals surface area (Å²) in [4.78, 5) is 44.2. The van der Waals surface area contributed by atoms with Gasteiger partial charge >= 0.3 is 5.69 Å². The number of aliphatic hydroxyl groups is 2. The zero-order valence-electron chi connectivity index (χ0n) is 19.8. The van der Waals surface area contributed by atoms with Crippen LogP contribution in [0.4, 0.5) is 0 Å². The van der Waals surface area contributed by atoms with Crippen molar-refractivity contribution >= 4 is 17.1 Å². The second-order valence-electron chi connectivity index (χ2n) is 9.48. The molecule has 1 saturated heterocycles. The van der Waals surface area contributed by atoms with Crippen LogP contribution in [0.25, 0.3) is 11.2 Å². The molecule has 0 radical (unpaired) electrons. The van der Waals surface area contributed by atoms with Crippen molar-refractivity contribution in [2.75, 3.05) is 13.1 Å². The summed E-state index contributed by atoms with van der Waals surface area (Å²) in [6.07, 6.45) is 0.493. The number of rotatable bonds is 4. The summed E-state index contributed by atoms with van der Waals surface area (Å²) in [6.45, 7) is 1.45. The number of benzene rings is 1. The van der Waals surface area contributed by atoms with Gasteiger partial charge in [-0.05, 0) is 31.0 Å². The number of nitrogens with two attached hydrogens (primary N) is 1. The van der Waals surface area contributed by atoms with Gasteiger partial charge in [-0.3, -0.25) is 18.7 Å². The molecule has 3 aromatic rings. The molecule has 12 heteroatoms. The predicted octanol–water partition coefficient (Wildman–Crippen LogP) is -1.41. The van der Waals surface area contributed by atoms with E-state index < -0.39 is 40.9 Å². The summed E-state index contributed by atoms with van der Waals surface area (Å²) in [6, 6.07) is 4.58. The molecule has 4 rings (SSSR count). The number of imidazole rings is 1.